The van der Waals surface area contributed by atoms with Crippen LogP contribution in [0.1, 0.15) is 45.4 Å². The highest BCUT2D eigenvalue weighted by molar-refractivity contribution is 7.99. The molecule has 3 aliphatic rings. The topological polar surface area (TPSA) is 50.8 Å². The van der Waals surface area contributed by atoms with E-state index < -0.39 is 5.79 Å². The SMILES string of the molecule is C[C@H]1CCSCCN1CC(=O)Nc1ccc2c(c1)OC1(CCCCC1)O2. The molecule has 0 radical (unpaired) electrons. The highest BCUT2D eigenvalue weighted by atomic mass is 32.2. The smallest absolute Gasteiger partial charge is 0.251 e. The molecule has 2 aliphatic heterocycles. The van der Waals surface area contributed by atoms with Crippen LogP contribution in [0.15, 0.2) is 18.2 Å². The molecule has 5 nitrogen and oxygen atoms in total. The molecule has 4 rings (SSSR count). The molecule has 6 heteroatoms. The Morgan fingerprint density at radius 2 is 2.04 bits per heavy atom. The standard InChI is InChI=1S/C20H28N2O3S/c1-15-7-11-26-12-10-22(15)14-19(23)21-16-5-6-17-18(13-16)25-20(24-17)8-3-2-4-9-20/h5-6,13,15H,2-4,7-12,14H2,1H3,(H,21,23)/t15-/m0/s1. The lowest BCUT2D eigenvalue weighted by atomic mass is 9.94. The van der Waals surface area contributed by atoms with Crippen molar-refractivity contribution in [3.05, 3.63) is 18.2 Å². The van der Waals surface area contributed by atoms with Crippen molar-refractivity contribution in [3.8, 4) is 11.5 Å². The Morgan fingerprint density at radius 1 is 1.23 bits per heavy atom. The largest absolute Gasteiger partial charge is 0.448 e. The molecule has 1 atom stereocenters. The molecule has 1 spiro atoms. The number of fused-ring (bicyclic) bond motifs is 1. The van der Waals surface area contributed by atoms with Crippen molar-refractivity contribution in [3.63, 3.8) is 0 Å². The number of benzene rings is 1. The number of amides is 1. The maximum Gasteiger partial charge on any atom is 0.251 e. The summed E-state index contributed by atoms with van der Waals surface area (Å²) < 4.78 is 12.3. The second-order valence-electron chi connectivity index (χ2n) is 7.61. The molecule has 1 saturated heterocycles. The number of thioether (sulfide) groups is 1. The number of nitrogens with one attached hydrogen (secondary N) is 1. The van der Waals surface area contributed by atoms with Gasteiger partial charge in [0.2, 0.25) is 5.91 Å². The molecule has 1 aromatic rings. The third kappa shape index (κ3) is 3.96. The normalized spacial score (nSPS) is 25.0. The van der Waals surface area contributed by atoms with E-state index in [4.69, 9.17) is 9.47 Å². The lowest BCUT2D eigenvalue weighted by Gasteiger charge is -2.31. The first kappa shape index (κ1) is 18.0. The van der Waals surface area contributed by atoms with Crippen LogP contribution in [0.4, 0.5) is 5.69 Å². The lowest BCUT2D eigenvalue weighted by Crippen LogP contribution is -2.40. The number of anilines is 1. The van der Waals surface area contributed by atoms with Gasteiger partial charge in [-0.1, -0.05) is 6.42 Å². The summed E-state index contributed by atoms with van der Waals surface area (Å²) in [6.45, 7) is 3.63. The zero-order valence-corrected chi connectivity index (χ0v) is 16.3. The van der Waals surface area contributed by atoms with Crippen molar-refractivity contribution in [1.82, 2.24) is 4.90 Å². The van der Waals surface area contributed by atoms with Crippen molar-refractivity contribution in [2.45, 2.75) is 57.3 Å². The minimum absolute atomic E-state index is 0.0370. The van der Waals surface area contributed by atoms with E-state index >= 15 is 0 Å². The first-order chi connectivity index (χ1) is 12.6. The van der Waals surface area contributed by atoms with E-state index in [0.29, 0.717) is 12.6 Å². The van der Waals surface area contributed by atoms with Crippen LogP contribution in [-0.2, 0) is 4.79 Å². The van der Waals surface area contributed by atoms with Crippen LogP contribution in [0.5, 0.6) is 11.5 Å². The molecule has 1 amide bonds. The quantitative estimate of drug-likeness (QED) is 0.867. The molecule has 0 aromatic heterocycles. The maximum atomic E-state index is 12.5. The van der Waals surface area contributed by atoms with E-state index in [1.165, 1.54) is 12.2 Å². The minimum Gasteiger partial charge on any atom is -0.448 e. The first-order valence-electron chi connectivity index (χ1n) is 9.77. The van der Waals surface area contributed by atoms with Gasteiger partial charge in [-0.3, -0.25) is 9.69 Å². The summed E-state index contributed by atoms with van der Waals surface area (Å²) in [7, 11) is 0. The summed E-state index contributed by atoms with van der Waals surface area (Å²) in [5.41, 5.74) is 0.780. The van der Waals surface area contributed by atoms with Gasteiger partial charge in [0, 0.05) is 42.9 Å². The van der Waals surface area contributed by atoms with Gasteiger partial charge in [-0.2, -0.15) is 11.8 Å². The fourth-order valence-electron chi connectivity index (χ4n) is 4.03. The monoisotopic (exact) mass is 376 g/mol. The van der Waals surface area contributed by atoms with Crippen molar-refractivity contribution in [2.24, 2.45) is 0 Å². The molecule has 1 N–H and O–H groups in total. The van der Waals surface area contributed by atoms with E-state index in [1.54, 1.807) is 0 Å². The Hall–Kier alpha value is -1.40. The molecule has 26 heavy (non-hydrogen) atoms. The van der Waals surface area contributed by atoms with Gasteiger partial charge in [-0.25, -0.2) is 0 Å². The molecular weight excluding hydrogens is 348 g/mol. The van der Waals surface area contributed by atoms with E-state index in [-0.39, 0.29) is 5.91 Å². The van der Waals surface area contributed by atoms with Gasteiger partial charge in [-0.05, 0) is 44.1 Å². The number of rotatable bonds is 3. The molecular formula is C20H28N2O3S. The highest BCUT2D eigenvalue weighted by Gasteiger charge is 2.42. The van der Waals surface area contributed by atoms with Crippen molar-refractivity contribution in [1.29, 1.82) is 0 Å². The minimum atomic E-state index is -0.470. The Bertz CT molecular complexity index is 660. The van der Waals surface area contributed by atoms with E-state index in [1.807, 2.05) is 30.0 Å². The van der Waals surface area contributed by atoms with Crippen LogP contribution in [0, 0.1) is 0 Å². The third-order valence-corrected chi connectivity index (χ3v) is 6.60. The number of carbonyl (C=O) groups is 1. The number of carbonyl (C=O) groups excluding carboxylic acids is 1. The lowest BCUT2D eigenvalue weighted by molar-refractivity contribution is -0.117. The number of hydrogen-bond donors (Lipinski definition) is 1. The zero-order chi connectivity index (χ0) is 18.0. The van der Waals surface area contributed by atoms with Crippen LogP contribution in [0.3, 0.4) is 0 Å². The second-order valence-corrected chi connectivity index (χ2v) is 8.83. The Kier molecular flexibility index (Phi) is 5.32. The zero-order valence-electron chi connectivity index (χ0n) is 15.5. The van der Waals surface area contributed by atoms with Crippen molar-refractivity contribution in [2.75, 3.05) is 29.9 Å². The number of hydrogen-bond acceptors (Lipinski definition) is 5. The Labute approximate surface area is 159 Å². The predicted molar refractivity (Wildman–Crippen MR) is 105 cm³/mol. The van der Waals surface area contributed by atoms with Gasteiger partial charge < -0.3 is 14.8 Å². The maximum absolute atomic E-state index is 12.5. The van der Waals surface area contributed by atoms with Gasteiger partial charge in [0.05, 0.1) is 6.54 Å². The molecule has 0 bridgehead atoms. The first-order valence-corrected chi connectivity index (χ1v) is 10.9. The predicted octanol–water partition coefficient (Wildman–Crippen LogP) is 3.88. The average molecular weight is 377 g/mol. The molecule has 1 aliphatic carbocycles. The van der Waals surface area contributed by atoms with Gasteiger partial charge in [0.15, 0.2) is 11.5 Å². The van der Waals surface area contributed by atoms with E-state index in [0.717, 1.165) is 61.6 Å². The van der Waals surface area contributed by atoms with Gasteiger partial charge in [0.1, 0.15) is 0 Å². The summed E-state index contributed by atoms with van der Waals surface area (Å²) in [6, 6.07) is 6.18. The fourth-order valence-corrected chi connectivity index (χ4v) is 5.10. The van der Waals surface area contributed by atoms with E-state index in [9.17, 15) is 4.79 Å². The number of nitrogens with zero attached hydrogens (tertiary/aromatic N) is 1. The highest BCUT2D eigenvalue weighted by Crippen LogP contribution is 2.46. The van der Waals surface area contributed by atoms with Crippen LogP contribution >= 0.6 is 11.8 Å². The second kappa shape index (κ2) is 7.69. The fraction of sp³-hybridized carbons (Fsp3) is 0.650. The summed E-state index contributed by atoms with van der Waals surface area (Å²) in [6.07, 6.45) is 6.56. The molecule has 0 unspecified atom stereocenters. The molecule has 1 aromatic carbocycles. The molecule has 1 saturated carbocycles. The van der Waals surface area contributed by atoms with Crippen molar-refractivity contribution >= 4 is 23.4 Å². The molecule has 142 valence electrons. The van der Waals surface area contributed by atoms with Gasteiger partial charge in [-0.15, -0.1) is 0 Å². The Balaban J connectivity index is 1.37. The average Bonchev–Trinajstić information content (AvgIpc) is 2.84. The summed E-state index contributed by atoms with van der Waals surface area (Å²) in [5.74, 6) is 3.40. The summed E-state index contributed by atoms with van der Waals surface area (Å²) in [4.78, 5) is 14.8. The van der Waals surface area contributed by atoms with Crippen LogP contribution in [0.2, 0.25) is 0 Å². The van der Waals surface area contributed by atoms with Gasteiger partial charge in [0.25, 0.3) is 5.79 Å². The third-order valence-electron chi connectivity index (χ3n) is 5.61. The van der Waals surface area contributed by atoms with Crippen LogP contribution < -0.4 is 14.8 Å². The van der Waals surface area contributed by atoms with Gasteiger partial charge >= 0.3 is 0 Å². The summed E-state index contributed by atoms with van der Waals surface area (Å²) >= 11 is 1.97. The summed E-state index contributed by atoms with van der Waals surface area (Å²) in [5, 5.41) is 3.03. The van der Waals surface area contributed by atoms with Crippen LogP contribution in [0.25, 0.3) is 0 Å². The number of ether oxygens (including phenoxy) is 2. The van der Waals surface area contributed by atoms with E-state index in [2.05, 4.69) is 17.1 Å². The molecule has 2 fully saturated rings. The Morgan fingerprint density at radius 3 is 2.88 bits per heavy atom. The molecule has 2 heterocycles. The van der Waals surface area contributed by atoms with Crippen LogP contribution in [-0.4, -0.2) is 47.2 Å². The van der Waals surface area contributed by atoms with Crippen molar-refractivity contribution < 1.29 is 14.3 Å².